The lowest BCUT2D eigenvalue weighted by Gasteiger charge is -2.06. The third-order valence-electron chi connectivity index (χ3n) is 1.86. The van der Waals surface area contributed by atoms with E-state index in [0.29, 0.717) is 11.4 Å². The number of anilines is 1. The topological polar surface area (TPSA) is 26.0 Å². The van der Waals surface area contributed by atoms with Crippen LogP contribution in [0, 0.1) is 19.3 Å². The lowest BCUT2D eigenvalue weighted by Crippen LogP contribution is -1.94. The first kappa shape index (κ1) is 9.02. The lowest BCUT2D eigenvalue weighted by molar-refractivity contribution is 1.30. The number of hydrogen-bond acceptors (Lipinski definition) is 2. The Bertz CT molecular complexity index is 336. The van der Waals surface area contributed by atoms with Gasteiger partial charge in [0.1, 0.15) is 0 Å². The Kier molecular flexibility index (Phi) is 2.67. The van der Waals surface area contributed by atoms with E-state index in [4.69, 9.17) is 12.2 Å². The Hall–Kier alpha value is -1.07. The van der Waals surface area contributed by atoms with Crippen LogP contribution in [0.15, 0.2) is 12.1 Å². The van der Waals surface area contributed by atoms with Gasteiger partial charge in [0.15, 0.2) is 0 Å². The predicted molar refractivity (Wildman–Crippen MR) is 56.2 cm³/mol. The summed E-state index contributed by atoms with van der Waals surface area (Å²) in [6.07, 6.45) is 5.31. The summed E-state index contributed by atoms with van der Waals surface area (Å²) in [7, 11) is 0. The number of nitrogens with two attached hydrogens (primary N) is 1. The summed E-state index contributed by atoms with van der Waals surface area (Å²) in [6.45, 7) is 1.99. The third-order valence-corrected chi connectivity index (χ3v) is 2.20. The van der Waals surface area contributed by atoms with Crippen LogP contribution in [0.4, 0.5) is 5.69 Å². The van der Waals surface area contributed by atoms with Gasteiger partial charge in [-0.3, -0.25) is 0 Å². The van der Waals surface area contributed by atoms with Crippen molar-refractivity contribution in [3.05, 3.63) is 28.8 Å². The Labute approximate surface area is 78.4 Å². The average Bonchev–Trinajstić information content (AvgIpc) is 2.08. The second-order valence-electron chi connectivity index (χ2n) is 2.66. The van der Waals surface area contributed by atoms with Gasteiger partial charge in [-0.15, -0.1) is 6.42 Å². The zero-order valence-corrected chi connectivity index (χ0v) is 7.86. The molecule has 1 nitrogen and oxygen atoms in total. The number of nitrogen functional groups attached to an aromatic ring is 1. The van der Waals surface area contributed by atoms with Crippen molar-refractivity contribution in [2.45, 2.75) is 12.7 Å². The summed E-state index contributed by atoms with van der Waals surface area (Å²) in [5.41, 5.74) is 9.42. The Morgan fingerprint density at radius 3 is 2.75 bits per heavy atom. The molecule has 0 aliphatic heterocycles. The molecule has 0 heterocycles. The van der Waals surface area contributed by atoms with Crippen LogP contribution < -0.4 is 5.73 Å². The normalized spacial score (nSPS) is 9.42. The van der Waals surface area contributed by atoms with Crippen molar-refractivity contribution in [1.29, 1.82) is 0 Å². The molecule has 0 amide bonds. The molecule has 0 unspecified atom stereocenters. The third kappa shape index (κ3) is 1.57. The molecule has 0 fully saturated rings. The van der Waals surface area contributed by atoms with Crippen LogP contribution in [0.2, 0.25) is 0 Å². The minimum absolute atomic E-state index is 0.672. The number of thiol groups is 1. The molecule has 12 heavy (non-hydrogen) atoms. The zero-order valence-electron chi connectivity index (χ0n) is 6.96. The molecular formula is C10H11NS. The monoisotopic (exact) mass is 177 g/mol. The van der Waals surface area contributed by atoms with Crippen LogP contribution in [0.3, 0.4) is 0 Å². The molecule has 0 saturated heterocycles. The molecule has 2 heteroatoms. The molecule has 0 aliphatic rings. The predicted octanol–water partition coefficient (Wildman–Crippen LogP) is 1.99. The molecule has 2 N–H and O–H groups in total. The van der Waals surface area contributed by atoms with E-state index in [2.05, 4.69) is 18.5 Å². The number of terminal acetylenes is 1. The summed E-state index contributed by atoms with van der Waals surface area (Å²) < 4.78 is 0. The summed E-state index contributed by atoms with van der Waals surface area (Å²) in [4.78, 5) is 0. The highest BCUT2D eigenvalue weighted by Crippen LogP contribution is 2.19. The minimum atomic E-state index is 0.672. The Morgan fingerprint density at radius 2 is 2.25 bits per heavy atom. The molecule has 1 rings (SSSR count). The quantitative estimate of drug-likeness (QED) is 0.383. The van der Waals surface area contributed by atoms with Crippen LogP contribution in [0.1, 0.15) is 16.7 Å². The molecular weight excluding hydrogens is 166 g/mol. The minimum Gasteiger partial charge on any atom is -0.399 e. The molecule has 1 aromatic rings. The van der Waals surface area contributed by atoms with E-state index < -0.39 is 0 Å². The highest BCUT2D eigenvalue weighted by molar-refractivity contribution is 7.79. The fourth-order valence-electron chi connectivity index (χ4n) is 1.11. The van der Waals surface area contributed by atoms with E-state index in [1.165, 1.54) is 0 Å². The molecule has 0 bridgehead atoms. The SMILES string of the molecule is C#Cc1cc(N)cc(CS)c1C. The zero-order chi connectivity index (χ0) is 9.14. The highest BCUT2D eigenvalue weighted by Gasteiger charge is 2.02. The second kappa shape index (κ2) is 3.55. The van der Waals surface area contributed by atoms with Crippen molar-refractivity contribution in [3.8, 4) is 12.3 Å². The molecule has 0 atom stereocenters. The van der Waals surface area contributed by atoms with Crippen LogP contribution >= 0.6 is 12.6 Å². The van der Waals surface area contributed by atoms with E-state index in [0.717, 1.165) is 16.7 Å². The van der Waals surface area contributed by atoms with Crippen molar-refractivity contribution in [3.63, 3.8) is 0 Å². The number of rotatable bonds is 1. The van der Waals surface area contributed by atoms with Gasteiger partial charge in [0.2, 0.25) is 0 Å². The molecule has 0 aliphatic carbocycles. The maximum Gasteiger partial charge on any atom is 0.0329 e. The molecule has 0 saturated carbocycles. The van der Waals surface area contributed by atoms with Gasteiger partial charge in [-0.25, -0.2) is 0 Å². The van der Waals surface area contributed by atoms with Crippen LogP contribution in [-0.4, -0.2) is 0 Å². The first-order valence-corrected chi connectivity index (χ1v) is 4.28. The van der Waals surface area contributed by atoms with E-state index in [1.54, 1.807) is 0 Å². The summed E-state index contributed by atoms with van der Waals surface area (Å²) >= 11 is 4.19. The van der Waals surface area contributed by atoms with Gasteiger partial charge in [-0.05, 0) is 30.2 Å². The smallest absolute Gasteiger partial charge is 0.0329 e. The van der Waals surface area contributed by atoms with Gasteiger partial charge < -0.3 is 5.73 Å². The van der Waals surface area contributed by atoms with Crippen LogP contribution in [0.5, 0.6) is 0 Å². The fraction of sp³-hybridized carbons (Fsp3) is 0.200. The number of benzene rings is 1. The average molecular weight is 177 g/mol. The van der Waals surface area contributed by atoms with Crippen LogP contribution in [-0.2, 0) is 5.75 Å². The lowest BCUT2D eigenvalue weighted by atomic mass is 10.0. The standard InChI is InChI=1S/C10H11NS/c1-3-8-4-10(11)5-9(6-12)7(8)2/h1,4-5,12H,6,11H2,2H3. The first-order chi connectivity index (χ1) is 5.69. The maximum atomic E-state index is 5.65. The molecule has 0 radical (unpaired) electrons. The van der Waals surface area contributed by atoms with Gasteiger partial charge in [-0.1, -0.05) is 5.92 Å². The second-order valence-corrected chi connectivity index (χ2v) is 2.97. The van der Waals surface area contributed by atoms with Crippen molar-refractivity contribution in [2.24, 2.45) is 0 Å². The molecule has 0 aromatic heterocycles. The van der Waals surface area contributed by atoms with Gasteiger partial charge >= 0.3 is 0 Å². The molecule has 1 aromatic carbocycles. The van der Waals surface area contributed by atoms with E-state index in [1.807, 2.05) is 19.1 Å². The van der Waals surface area contributed by atoms with Crippen molar-refractivity contribution >= 4 is 18.3 Å². The molecule has 0 spiro atoms. The Balaban J connectivity index is 3.34. The highest BCUT2D eigenvalue weighted by atomic mass is 32.1. The summed E-state index contributed by atoms with van der Waals surface area (Å²) in [5.74, 6) is 3.27. The van der Waals surface area contributed by atoms with E-state index in [-0.39, 0.29) is 0 Å². The van der Waals surface area contributed by atoms with Gasteiger partial charge in [0.25, 0.3) is 0 Å². The summed E-state index contributed by atoms with van der Waals surface area (Å²) in [6, 6.07) is 3.71. The van der Waals surface area contributed by atoms with Crippen molar-refractivity contribution in [2.75, 3.05) is 5.73 Å². The Morgan fingerprint density at radius 1 is 1.58 bits per heavy atom. The van der Waals surface area contributed by atoms with Gasteiger partial charge in [-0.2, -0.15) is 12.6 Å². The summed E-state index contributed by atoms with van der Waals surface area (Å²) in [5, 5.41) is 0. The van der Waals surface area contributed by atoms with E-state index >= 15 is 0 Å². The van der Waals surface area contributed by atoms with Crippen molar-refractivity contribution < 1.29 is 0 Å². The first-order valence-electron chi connectivity index (χ1n) is 3.65. The fourth-order valence-corrected chi connectivity index (χ4v) is 1.44. The van der Waals surface area contributed by atoms with Gasteiger partial charge in [0, 0.05) is 17.0 Å². The number of hydrogen-bond donors (Lipinski definition) is 2. The molecule has 62 valence electrons. The van der Waals surface area contributed by atoms with Crippen molar-refractivity contribution in [1.82, 2.24) is 0 Å². The van der Waals surface area contributed by atoms with Gasteiger partial charge in [0.05, 0.1) is 0 Å². The van der Waals surface area contributed by atoms with Crippen LogP contribution in [0.25, 0.3) is 0 Å². The largest absolute Gasteiger partial charge is 0.399 e. The van der Waals surface area contributed by atoms with E-state index in [9.17, 15) is 0 Å². The maximum absolute atomic E-state index is 5.65.